The third kappa shape index (κ3) is 1.86. The number of aliphatic hydroxyl groups excluding tert-OH is 1. The van der Waals surface area contributed by atoms with Crippen molar-refractivity contribution in [2.24, 2.45) is 11.8 Å². The normalized spacial score (nSPS) is 22.4. The molecule has 2 saturated carbocycles. The molecule has 0 radical (unpaired) electrons. The first kappa shape index (κ1) is 10.3. The molecule has 0 amide bonds. The molecule has 3 rings (SSSR count). The van der Waals surface area contributed by atoms with Crippen molar-refractivity contribution in [2.75, 3.05) is 0 Å². The summed E-state index contributed by atoms with van der Waals surface area (Å²) in [5, 5.41) is 17.6. The molecule has 2 aliphatic rings. The number of hydrogen-bond donors (Lipinski definition) is 1. The molecule has 1 unspecified atom stereocenters. The Kier molecular flexibility index (Phi) is 2.46. The van der Waals surface area contributed by atoms with E-state index in [0.29, 0.717) is 6.04 Å². The molecule has 0 bridgehead atoms. The van der Waals surface area contributed by atoms with Gasteiger partial charge in [0.15, 0.2) is 0 Å². The number of hydrogen-bond acceptors (Lipinski definition) is 3. The number of aliphatic hydroxyl groups is 1. The molecule has 4 nitrogen and oxygen atoms in total. The Morgan fingerprint density at radius 1 is 1.38 bits per heavy atom. The molecule has 1 heterocycles. The van der Waals surface area contributed by atoms with Gasteiger partial charge in [-0.3, -0.25) is 0 Å². The Morgan fingerprint density at radius 2 is 2.12 bits per heavy atom. The molecule has 2 fully saturated rings. The Hall–Kier alpha value is -0.900. The van der Waals surface area contributed by atoms with Gasteiger partial charge < -0.3 is 5.11 Å². The van der Waals surface area contributed by atoms with Crippen LogP contribution in [0.15, 0.2) is 0 Å². The molecular formula is C12H19N3O. The minimum Gasteiger partial charge on any atom is -0.390 e. The van der Waals surface area contributed by atoms with Gasteiger partial charge in [0.2, 0.25) is 0 Å². The first-order chi connectivity index (χ1) is 7.79. The molecule has 1 N–H and O–H groups in total. The molecule has 0 aromatic carbocycles. The van der Waals surface area contributed by atoms with Crippen LogP contribution in [0, 0.1) is 11.8 Å². The van der Waals surface area contributed by atoms with Crippen LogP contribution in [0.25, 0.3) is 0 Å². The monoisotopic (exact) mass is 221 g/mol. The fourth-order valence-electron chi connectivity index (χ4n) is 2.38. The highest BCUT2D eigenvalue weighted by Crippen LogP contribution is 2.41. The first-order valence-electron chi connectivity index (χ1n) is 6.33. The van der Waals surface area contributed by atoms with Crippen LogP contribution in [-0.4, -0.2) is 20.1 Å². The predicted molar refractivity (Wildman–Crippen MR) is 59.8 cm³/mol. The van der Waals surface area contributed by atoms with Crippen LogP contribution in [0.3, 0.4) is 0 Å². The summed E-state index contributed by atoms with van der Waals surface area (Å²) in [5.74, 6) is 1.60. The quantitative estimate of drug-likeness (QED) is 0.823. The maximum absolute atomic E-state index is 9.29. The summed E-state index contributed by atoms with van der Waals surface area (Å²) in [6.07, 6.45) is 6.35. The van der Waals surface area contributed by atoms with Gasteiger partial charge in [-0.2, -0.15) is 0 Å². The summed E-state index contributed by atoms with van der Waals surface area (Å²) < 4.78 is 2.07. The van der Waals surface area contributed by atoms with Gasteiger partial charge in [-0.1, -0.05) is 5.21 Å². The Morgan fingerprint density at radius 3 is 2.69 bits per heavy atom. The summed E-state index contributed by atoms with van der Waals surface area (Å²) in [6, 6.07) is 0.460. The number of nitrogens with zero attached hydrogens (tertiary/aromatic N) is 3. The summed E-state index contributed by atoms with van der Waals surface area (Å²) in [7, 11) is 0. The third-order valence-electron chi connectivity index (χ3n) is 3.89. The summed E-state index contributed by atoms with van der Waals surface area (Å²) in [6.45, 7) is 2.25. The van der Waals surface area contributed by atoms with Gasteiger partial charge in [-0.25, -0.2) is 4.68 Å². The second kappa shape index (κ2) is 3.84. The largest absolute Gasteiger partial charge is 0.390 e. The average molecular weight is 221 g/mol. The Bertz CT molecular complexity index is 380. The first-order valence-corrected chi connectivity index (χ1v) is 6.33. The molecule has 4 heteroatoms. The molecule has 1 atom stereocenters. The molecule has 2 aliphatic carbocycles. The molecular weight excluding hydrogens is 202 g/mol. The van der Waals surface area contributed by atoms with Crippen LogP contribution < -0.4 is 0 Å². The van der Waals surface area contributed by atoms with Crippen molar-refractivity contribution in [1.82, 2.24) is 15.0 Å². The van der Waals surface area contributed by atoms with Gasteiger partial charge in [0, 0.05) is 0 Å². The van der Waals surface area contributed by atoms with Gasteiger partial charge >= 0.3 is 0 Å². The highest BCUT2D eigenvalue weighted by Gasteiger charge is 2.33. The van der Waals surface area contributed by atoms with E-state index in [2.05, 4.69) is 21.9 Å². The van der Waals surface area contributed by atoms with Crippen molar-refractivity contribution < 1.29 is 5.11 Å². The van der Waals surface area contributed by atoms with E-state index in [4.69, 9.17) is 0 Å². The van der Waals surface area contributed by atoms with E-state index in [1.165, 1.54) is 31.4 Å². The SMILES string of the molecule is CC(C1CC1)n1nnc(CO)c1CC1CC1. The highest BCUT2D eigenvalue weighted by molar-refractivity contribution is 5.13. The lowest BCUT2D eigenvalue weighted by Crippen LogP contribution is -2.13. The molecule has 1 aromatic rings. The maximum Gasteiger partial charge on any atom is 0.111 e. The summed E-state index contributed by atoms with van der Waals surface area (Å²) in [5.41, 5.74) is 1.98. The summed E-state index contributed by atoms with van der Waals surface area (Å²) >= 11 is 0. The van der Waals surface area contributed by atoms with Gasteiger partial charge in [0.1, 0.15) is 5.69 Å². The van der Waals surface area contributed by atoms with Crippen molar-refractivity contribution in [3.8, 4) is 0 Å². The van der Waals surface area contributed by atoms with Gasteiger partial charge in [-0.05, 0) is 50.9 Å². The average Bonchev–Trinajstić information content (AvgIpc) is 3.14. The fraction of sp³-hybridized carbons (Fsp3) is 0.833. The predicted octanol–water partition coefficient (Wildman–Crippen LogP) is 1.69. The lowest BCUT2D eigenvalue weighted by atomic mass is 10.1. The van der Waals surface area contributed by atoms with Crippen molar-refractivity contribution in [2.45, 2.75) is 51.7 Å². The van der Waals surface area contributed by atoms with Crippen molar-refractivity contribution in [1.29, 1.82) is 0 Å². The molecule has 0 saturated heterocycles. The van der Waals surface area contributed by atoms with Gasteiger partial charge in [0.05, 0.1) is 18.3 Å². The zero-order chi connectivity index (χ0) is 11.1. The molecule has 1 aromatic heterocycles. The maximum atomic E-state index is 9.29. The molecule has 88 valence electrons. The van der Waals surface area contributed by atoms with E-state index in [0.717, 1.165) is 24.0 Å². The van der Waals surface area contributed by atoms with Gasteiger partial charge in [-0.15, -0.1) is 5.10 Å². The van der Waals surface area contributed by atoms with E-state index in [-0.39, 0.29) is 6.61 Å². The standard InChI is InChI=1S/C12H19N3O/c1-8(10-4-5-10)15-12(6-9-2-3-9)11(7-16)13-14-15/h8-10,16H,2-7H2,1H3. The molecule has 16 heavy (non-hydrogen) atoms. The Labute approximate surface area is 95.7 Å². The lowest BCUT2D eigenvalue weighted by Gasteiger charge is -2.14. The summed E-state index contributed by atoms with van der Waals surface area (Å²) in [4.78, 5) is 0. The van der Waals surface area contributed by atoms with Crippen LogP contribution >= 0.6 is 0 Å². The molecule has 0 aliphatic heterocycles. The number of aromatic nitrogens is 3. The molecule has 0 spiro atoms. The number of rotatable bonds is 5. The zero-order valence-corrected chi connectivity index (χ0v) is 9.76. The second-order valence-electron chi connectivity index (χ2n) is 5.31. The van der Waals surface area contributed by atoms with Crippen LogP contribution in [0.2, 0.25) is 0 Å². The smallest absolute Gasteiger partial charge is 0.111 e. The minimum absolute atomic E-state index is 0.0272. The van der Waals surface area contributed by atoms with E-state index >= 15 is 0 Å². The third-order valence-corrected chi connectivity index (χ3v) is 3.89. The highest BCUT2D eigenvalue weighted by atomic mass is 16.3. The second-order valence-corrected chi connectivity index (χ2v) is 5.31. The lowest BCUT2D eigenvalue weighted by molar-refractivity contribution is 0.275. The van der Waals surface area contributed by atoms with E-state index in [1.54, 1.807) is 0 Å². The van der Waals surface area contributed by atoms with Crippen molar-refractivity contribution >= 4 is 0 Å². The van der Waals surface area contributed by atoms with E-state index < -0.39 is 0 Å². The topological polar surface area (TPSA) is 50.9 Å². The van der Waals surface area contributed by atoms with E-state index in [1.807, 2.05) is 0 Å². The van der Waals surface area contributed by atoms with Crippen molar-refractivity contribution in [3.63, 3.8) is 0 Å². The van der Waals surface area contributed by atoms with Crippen LogP contribution in [-0.2, 0) is 13.0 Å². The Balaban J connectivity index is 1.86. The van der Waals surface area contributed by atoms with E-state index in [9.17, 15) is 5.11 Å². The van der Waals surface area contributed by atoms with Crippen LogP contribution in [0.4, 0.5) is 0 Å². The fourth-order valence-corrected chi connectivity index (χ4v) is 2.38. The zero-order valence-electron chi connectivity index (χ0n) is 9.76. The minimum atomic E-state index is 0.0272. The van der Waals surface area contributed by atoms with Gasteiger partial charge in [0.25, 0.3) is 0 Å². The van der Waals surface area contributed by atoms with Crippen LogP contribution in [0.1, 0.15) is 50.0 Å². The van der Waals surface area contributed by atoms with Crippen molar-refractivity contribution in [3.05, 3.63) is 11.4 Å². The van der Waals surface area contributed by atoms with Crippen LogP contribution in [0.5, 0.6) is 0 Å².